The fourth-order valence-electron chi connectivity index (χ4n) is 5.36. The number of halogens is 2. The third-order valence-electron chi connectivity index (χ3n) is 7.67. The van der Waals surface area contributed by atoms with E-state index in [9.17, 15) is 13.6 Å². The molecule has 1 unspecified atom stereocenters. The van der Waals surface area contributed by atoms with Crippen molar-refractivity contribution in [2.24, 2.45) is 0 Å². The predicted octanol–water partition coefficient (Wildman–Crippen LogP) is 4.49. The number of benzene rings is 2. The minimum atomic E-state index is -0.578. The highest BCUT2D eigenvalue weighted by atomic mass is 19.1. The summed E-state index contributed by atoms with van der Waals surface area (Å²) in [4.78, 5) is 21.5. The molecule has 1 saturated heterocycles. The molecular weight excluding hydrogens is 500 g/mol. The Morgan fingerprint density at radius 2 is 1.79 bits per heavy atom. The van der Waals surface area contributed by atoms with Crippen LogP contribution in [-0.2, 0) is 28.9 Å². The van der Waals surface area contributed by atoms with Gasteiger partial charge in [0.1, 0.15) is 29.6 Å². The van der Waals surface area contributed by atoms with Crippen LogP contribution in [0.1, 0.15) is 55.3 Å². The van der Waals surface area contributed by atoms with Gasteiger partial charge < -0.3 is 21.1 Å². The molecule has 206 valence electrons. The van der Waals surface area contributed by atoms with Crippen molar-refractivity contribution >= 4 is 11.8 Å². The predicted molar refractivity (Wildman–Crippen MR) is 146 cm³/mol. The van der Waals surface area contributed by atoms with Gasteiger partial charge in [-0.05, 0) is 75.6 Å². The average molecular weight is 536 g/mol. The number of hydrogen-bond donors (Lipinski definition) is 3. The molecule has 7 nitrogen and oxygen atoms in total. The molecule has 2 atom stereocenters. The summed E-state index contributed by atoms with van der Waals surface area (Å²) in [5.74, 6) is -1.03. The van der Waals surface area contributed by atoms with E-state index in [1.165, 1.54) is 18.2 Å². The van der Waals surface area contributed by atoms with E-state index < -0.39 is 11.6 Å². The molecule has 0 amide bonds. The van der Waals surface area contributed by atoms with E-state index in [2.05, 4.69) is 20.6 Å². The monoisotopic (exact) mass is 535 g/mol. The Hall–Kier alpha value is -3.43. The molecule has 1 saturated carbocycles. The van der Waals surface area contributed by atoms with Gasteiger partial charge in [-0.25, -0.2) is 18.7 Å². The fraction of sp³-hybridized carbons (Fsp3) is 0.433. The molecule has 2 aromatic carbocycles. The van der Waals surface area contributed by atoms with E-state index in [-0.39, 0.29) is 48.4 Å². The van der Waals surface area contributed by atoms with Crippen molar-refractivity contribution in [3.8, 4) is 11.3 Å². The smallest absolute Gasteiger partial charge is 0.323 e. The Balaban J connectivity index is 1.15. The lowest BCUT2D eigenvalue weighted by Crippen LogP contribution is -2.50. The molecule has 0 radical (unpaired) electrons. The van der Waals surface area contributed by atoms with Crippen molar-refractivity contribution in [1.82, 2.24) is 20.6 Å². The molecule has 2 heterocycles. The average Bonchev–Trinajstić information content (AvgIpc) is 3.46. The Morgan fingerprint density at radius 3 is 2.54 bits per heavy atom. The second kappa shape index (κ2) is 12.6. The highest BCUT2D eigenvalue weighted by Crippen LogP contribution is 2.24. The van der Waals surface area contributed by atoms with Crippen molar-refractivity contribution in [3.05, 3.63) is 77.1 Å². The van der Waals surface area contributed by atoms with Crippen LogP contribution in [0.3, 0.4) is 0 Å². The van der Waals surface area contributed by atoms with Gasteiger partial charge in [0, 0.05) is 23.7 Å². The number of hydrogen-bond acceptors (Lipinski definition) is 7. The standard InChI is InChI=1S/C30H35F2N5O2/c31-24-6-3-7-25(32)23(24)12-13-26-29(33)36-18-28(37-26)20-10-8-19(9-11-20)17-35-21-14-15-34-27(16-21)30(38)39-22-4-1-2-5-22/h3,6-11,18,21-22,27,34-35H,1-2,4-5,12-17H2,(H2,33,36)/t21?,27-/m1/s1. The molecule has 2 fully saturated rings. The number of esters is 1. The van der Waals surface area contributed by atoms with Crippen LogP contribution in [0.4, 0.5) is 14.6 Å². The van der Waals surface area contributed by atoms with Crippen LogP contribution in [0.25, 0.3) is 11.3 Å². The van der Waals surface area contributed by atoms with Crippen LogP contribution < -0.4 is 16.4 Å². The van der Waals surface area contributed by atoms with Gasteiger partial charge in [-0.1, -0.05) is 30.3 Å². The van der Waals surface area contributed by atoms with E-state index in [1.54, 1.807) is 6.20 Å². The lowest BCUT2D eigenvalue weighted by molar-refractivity contribution is -0.152. The van der Waals surface area contributed by atoms with E-state index in [4.69, 9.17) is 10.5 Å². The molecule has 0 spiro atoms. The van der Waals surface area contributed by atoms with Crippen molar-refractivity contribution in [2.75, 3.05) is 12.3 Å². The first kappa shape index (κ1) is 27.1. The summed E-state index contributed by atoms with van der Waals surface area (Å²) in [5.41, 5.74) is 9.17. The maximum absolute atomic E-state index is 14.0. The molecule has 0 bridgehead atoms. The summed E-state index contributed by atoms with van der Waals surface area (Å²) < 4.78 is 33.7. The molecule has 5 rings (SSSR count). The van der Waals surface area contributed by atoms with Crippen molar-refractivity contribution in [2.45, 2.75) is 76.1 Å². The van der Waals surface area contributed by atoms with Crippen LogP contribution >= 0.6 is 0 Å². The van der Waals surface area contributed by atoms with Gasteiger partial charge in [-0.2, -0.15) is 0 Å². The number of carbonyl (C=O) groups excluding carboxylic acids is 1. The Labute approximate surface area is 227 Å². The molecule has 4 N–H and O–H groups in total. The number of aromatic nitrogens is 2. The topological polar surface area (TPSA) is 102 Å². The van der Waals surface area contributed by atoms with Crippen LogP contribution in [0.15, 0.2) is 48.7 Å². The van der Waals surface area contributed by atoms with Gasteiger partial charge in [0.15, 0.2) is 0 Å². The molecule has 2 aliphatic rings. The van der Waals surface area contributed by atoms with Gasteiger partial charge >= 0.3 is 5.97 Å². The van der Waals surface area contributed by atoms with Crippen molar-refractivity contribution in [1.29, 1.82) is 0 Å². The lowest BCUT2D eigenvalue weighted by atomic mass is 9.99. The summed E-state index contributed by atoms with van der Waals surface area (Å²) in [6.07, 6.45) is 8.01. The zero-order chi connectivity index (χ0) is 27.2. The van der Waals surface area contributed by atoms with E-state index in [1.807, 2.05) is 24.3 Å². The lowest BCUT2D eigenvalue weighted by Gasteiger charge is -2.30. The summed E-state index contributed by atoms with van der Waals surface area (Å²) >= 11 is 0. The second-order valence-corrected chi connectivity index (χ2v) is 10.4. The van der Waals surface area contributed by atoms with Gasteiger partial charge in [0.25, 0.3) is 0 Å². The molecular formula is C30H35F2N5O2. The Bertz CT molecular complexity index is 1260. The number of ether oxygens (including phenoxy) is 1. The maximum Gasteiger partial charge on any atom is 0.323 e. The second-order valence-electron chi connectivity index (χ2n) is 10.4. The van der Waals surface area contributed by atoms with Crippen molar-refractivity contribution < 1.29 is 18.3 Å². The Morgan fingerprint density at radius 1 is 1.05 bits per heavy atom. The summed E-state index contributed by atoms with van der Waals surface area (Å²) in [6, 6.07) is 11.8. The SMILES string of the molecule is Nc1ncc(-c2ccc(CNC3CCN[C@@H](C(=O)OC4CCCC4)C3)cc2)nc1CCc1c(F)cccc1F. The molecule has 1 aliphatic carbocycles. The number of nitrogen functional groups attached to an aromatic ring is 1. The van der Waals surface area contributed by atoms with Crippen LogP contribution in [0.2, 0.25) is 0 Å². The van der Waals surface area contributed by atoms with Gasteiger partial charge in [0.05, 0.1) is 17.6 Å². The van der Waals surface area contributed by atoms with E-state index >= 15 is 0 Å². The quantitative estimate of drug-likeness (QED) is 0.347. The first-order valence-electron chi connectivity index (χ1n) is 13.8. The van der Waals surface area contributed by atoms with Gasteiger partial charge in [-0.3, -0.25) is 4.79 Å². The number of piperidine rings is 1. The van der Waals surface area contributed by atoms with Crippen LogP contribution in [0, 0.1) is 11.6 Å². The van der Waals surface area contributed by atoms with Crippen LogP contribution in [0.5, 0.6) is 0 Å². The highest BCUT2D eigenvalue weighted by Gasteiger charge is 2.30. The molecule has 1 aliphatic heterocycles. The van der Waals surface area contributed by atoms with E-state index in [0.29, 0.717) is 24.4 Å². The minimum Gasteiger partial charge on any atom is -0.461 e. The third-order valence-corrected chi connectivity index (χ3v) is 7.67. The maximum atomic E-state index is 14.0. The summed E-state index contributed by atoms with van der Waals surface area (Å²) in [5, 5.41) is 6.89. The molecule has 3 aromatic rings. The number of nitrogens with two attached hydrogens (primary N) is 1. The van der Waals surface area contributed by atoms with Gasteiger partial charge in [0.2, 0.25) is 0 Å². The largest absolute Gasteiger partial charge is 0.461 e. The number of carbonyl (C=O) groups is 1. The number of aryl methyl sites for hydroxylation is 1. The number of nitrogens with zero attached hydrogens (tertiary/aromatic N) is 2. The number of anilines is 1. The van der Waals surface area contributed by atoms with Crippen LogP contribution in [-0.4, -0.2) is 40.7 Å². The van der Waals surface area contributed by atoms with Gasteiger partial charge in [-0.15, -0.1) is 0 Å². The molecule has 1 aromatic heterocycles. The Kier molecular flexibility index (Phi) is 8.78. The summed E-state index contributed by atoms with van der Waals surface area (Å²) in [6.45, 7) is 1.46. The van der Waals surface area contributed by atoms with E-state index in [0.717, 1.165) is 49.8 Å². The number of nitrogens with one attached hydrogen (secondary N) is 2. The normalized spacial score (nSPS) is 19.7. The highest BCUT2D eigenvalue weighted by molar-refractivity contribution is 5.76. The summed E-state index contributed by atoms with van der Waals surface area (Å²) in [7, 11) is 0. The minimum absolute atomic E-state index is 0.0201. The first-order chi connectivity index (χ1) is 19.0. The third kappa shape index (κ3) is 6.96. The molecule has 9 heteroatoms. The first-order valence-corrected chi connectivity index (χ1v) is 13.8. The zero-order valence-corrected chi connectivity index (χ0v) is 22.0. The fourth-order valence-corrected chi connectivity index (χ4v) is 5.36. The number of rotatable bonds is 9. The van der Waals surface area contributed by atoms with Crippen molar-refractivity contribution in [3.63, 3.8) is 0 Å². The zero-order valence-electron chi connectivity index (χ0n) is 22.0. The molecule has 39 heavy (non-hydrogen) atoms.